The number of carbonyl (C=O) groups excluding carboxylic acids is 1. The zero-order valence-corrected chi connectivity index (χ0v) is 17.4. The van der Waals surface area contributed by atoms with Gasteiger partial charge in [-0.2, -0.15) is 0 Å². The number of nitrogens with zero attached hydrogens (tertiary/aromatic N) is 1. The summed E-state index contributed by atoms with van der Waals surface area (Å²) in [5.41, 5.74) is 1.89. The Kier molecular flexibility index (Phi) is 5.21. The summed E-state index contributed by atoms with van der Waals surface area (Å²) < 4.78 is 21.2. The van der Waals surface area contributed by atoms with E-state index in [0.29, 0.717) is 49.3 Å². The Hall–Kier alpha value is -2.97. The van der Waals surface area contributed by atoms with Crippen molar-refractivity contribution >= 4 is 34.5 Å². The van der Waals surface area contributed by atoms with E-state index in [1.54, 1.807) is 39.3 Å². The number of benzene rings is 2. The number of anilines is 1. The topological polar surface area (TPSA) is 78.9 Å². The largest absolute Gasteiger partial charge is 0.493 e. The summed E-state index contributed by atoms with van der Waals surface area (Å²) in [5.74, 6) is 2.01. The number of hydrogen-bond acceptors (Lipinski definition) is 7. The number of thiazole rings is 1. The van der Waals surface area contributed by atoms with Crippen LogP contribution >= 0.6 is 22.9 Å². The number of nitrogens with one attached hydrogen (secondary N) is 1. The van der Waals surface area contributed by atoms with Gasteiger partial charge in [0.05, 0.1) is 30.6 Å². The molecule has 29 heavy (non-hydrogen) atoms. The molecule has 2 heterocycles. The zero-order valence-electron chi connectivity index (χ0n) is 15.9. The number of ether oxygens (including phenoxy) is 4. The fourth-order valence-corrected chi connectivity index (χ4v) is 4.05. The van der Waals surface area contributed by atoms with E-state index in [0.717, 1.165) is 5.56 Å². The number of methoxy groups -OCH3 is 2. The third-order valence-electron chi connectivity index (χ3n) is 4.34. The van der Waals surface area contributed by atoms with Crippen LogP contribution in [-0.4, -0.2) is 31.9 Å². The molecule has 9 heteroatoms. The maximum Gasteiger partial charge on any atom is 0.267 e. The smallest absolute Gasteiger partial charge is 0.267 e. The van der Waals surface area contributed by atoms with Crippen LogP contribution in [0.3, 0.4) is 0 Å². The van der Waals surface area contributed by atoms with Crippen molar-refractivity contribution in [3.05, 3.63) is 45.9 Å². The van der Waals surface area contributed by atoms with E-state index in [-0.39, 0.29) is 12.7 Å². The van der Waals surface area contributed by atoms with E-state index in [4.69, 9.17) is 30.5 Å². The van der Waals surface area contributed by atoms with Gasteiger partial charge in [0.2, 0.25) is 6.79 Å². The Bertz CT molecular complexity index is 1100. The highest BCUT2D eigenvalue weighted by Gasteiger charge is 2.21. The van der Waals surface area contributed by atoms with Gasteiger partial charge in [-0.15, -0.1) is 11.3 Å². The second-order valence-electron chi connectivity index (χ2n) is 6.14. The van der Waals surface area contributed by atoms with Crippen LogP contribution in [0.5, 0.6) is 23.0 Å². The molecule has 1 N–H and O–H groups in total. The fourth-order valence-electron chi connectivity index (χ4n) is 2.89. The highest BCUT2D eigenvalue weighted by Crippen LogP contribution is 2.40. The summed E-state index contributed by atoms with van der Waals surface area (Å²) in [6, 6.07) is 8.77. The van der Waals surface area contributed by atoms with E-state index >= 15 is 0 Å². The number of aryl methyl sites for hydroxylation is 1. The lowest BCUT2D eigenvalue weighted by molar-refractivity contribution is 0.103. The molecule has 1 aliphatic rings. The van der Waals surface area contributed by atoms with Gasteiger partial charge in [0.15, 0.2) is 23.0 Å². The standard InChI is InChI=1S/C20H17ClN2O5S/c1-10-18(19(24)23-13-8-17-16(7-12(13)21)27-9-28-17)29-20(22-10)11-4-5-14(25-2)15(6-11)26-3/h4-8H,9H2,1-3H3,(H,23,24). The van der Waals surface area contributed by atoms with Crippen LogP contribution in [0.15, 0.2) is 30.3 Å². The highest BCUT2D eigenvalue weighted by atomic mass is 35.5. The average molecular weight is 433 g/mol. The lowest BCUT2D eigenvalue weighted by Gasteiger charge is -2.08. The number of aromatic nitrogens is 1. The number of amides is 1. The second-order valence-corrected chi connectivity index (χ2v) is 7.55. The highest BCUT2D eigenvalue weighted by molar-refractivity contribution is 7.17. The Balaban J connectivity index is 1.61. The third-order valence-corrected chi connectivity index (χ3v) is 5.86. The average Bonchev–Trinajstić information content (AvgIpc) is 3.33. The molecule has 0 spiro atoms. The lowest BCUT2D eigenvalue weighted by Crippen LogP contribution is -2.11. The van der Waals surface area contributed by atoms with Crippen molar-refractivity contribution in [2.45, 2.75) is 6.92 Å². The summed E-state index contributed by atoms with van der Waals surface area (Å²) >= 11 is 7.54. The predicted molar refractivity (Wildman–Crippen MR) is 111 cm³/mol. The van der Waals surface area contributed by atoms with Crippen LogP contribution in [0.2, 0.25) is 5.02 Å². The van der Waals surface area contributed by atoms with Crippen LogP contribution < -0.4 is 24.3 Å². The normalized spacial score (nSPS) is 12.0. The molecular formula is C20H17ClN2O5S. The molecule has 0 fully saturated rings. The quantitative estimate of drug-likeness (QED) is 0.625. The van der Waals surface area contributed by atoms with Gasteiger partial charge in [0, 0.05) is 17.7 Å². The molecule has 1 amide bonds. The number of fused-ring (bicyclic) bond motifs is 1. The van der Waals surface area contributed by atoms with Crippen molar-refractivity contribution in [1.82, 2.24) is 4.98 Å². The number of hydrogen-bond donors (Lipinski definition) is 1. The van der Waals surface area contributed by atoms with Crippen LogP contribution in [0, 0.1) is 6.92 Å². The minimum Gasteiger partial charge on any atom is -0.493 e. The molecule has 7 nitrogen and oxygen atoms in total. The molecule has 0 saturated heterocycles. The van der Waals surface area contributed by atoms with Crippen molar-refractivity contribution in [2.75, 3.05) is 26.3 Å². The van der Waals surface area contributed by atoms with Crippen molar-refractivity contribution in [3.63, 3.8) is 0 Å². The Morgan fingerprint density at radius 2 is 1.86 bits per heavy atom. The van der Waals surface area contributed by atoms with Crippen molar-refractivity contribution < 1.29 is 23.7 Å². The van der Waals surface area contributed by atoms with Crippen LogP contribution in [0.4, 0.5) is 5.69 Å². The lowest BCUT2D eigenvalue weighted by atomic mass is 10.2. The summed E-state index contributed by atoms with van der Waals surface area (Å²) in [6.07, 6.45) is 0. The Labute approximate surface area is 176 Å². The van der Waals surface area contributed by atoms with Gasteiger partial charge in [-0.1, -0.05) is 11.6 Å². The van der Waals surface area contributed by atoms with Crippen molar-refractivity contribution in [1.29, 1.82) is 0 Å². The molecule has 0 atom stereocenters. The molecule has 2 aromatic carbocycles. The van der Waals surface area contributed by atoms with Crippen molar-refractivity contribution in [2.24, 2.45) is 0 Å². The maximum atomic E-state index is 12.8. The molecule has 3 aromatic rings. The molecule has 0 unspecified atom stereocenters. The van der Waals surface area contributed by atoms with E-state index in [9.17, 15) is 4.79 Å². The first-order chi connectivity index (χ1) is 14.0. The Morgan fingerprint density at radius 1 is 1.14 bits per heavy atom. The number of halogens is 1. The predicted octanol–water partition coefficient (Wildman–Crippen LogP) is 4.77. The number of carbonyl (C=O) groups is 1. The van der Waals surface area contributed by atoms with Gasteiger partial charge < -0.3 is 24.3 Å². The fraction of sp³-hybridized carbons (Fsp3) is 0.200. The molecule has 0 aliphatic carbocycles. The molecule has 4 rings (SSSR count). The first-order valence-electron chi connectivity index (χ1n) is 8.60. The second kappa shape index (κ2) is 7.81. The summed E-state index contributed by atoms with van der Waals surface area (Å²) in [5, 5.41) is 3.89. The first-order valence-corrected chi connectivity index (χ1v) is 9.80. The van der Waals surface area contributed by atoms with Gasteiger partial charge in [-0.05, 0) is 25.1 Å². The van der Waals surface area contributed by atoms with Crippen molar-refractivity contribution in [3.8, 4) is 33.6 Å². The van der Waals surface area contributed by atoms with Gasteiger partial charge in [0.25, 0.3) is 5.91 Å². The summed E-state index contributed by atoms with van der Waals surface area (Å²) in [4.78, 5) is 17.9. The summed E-state index contributed by atoms with van der Waals surface area (Å²) in [6.45, 7) is 1.92. The van der Waals surface area contributed by atoms with E-state index in [2.05, 4.69) is 10.3 Å². The van der Waals surface area contributed by atoms with Gasteiger partial charge in [-0.25, -0.2) is 4.98 Å². The van der Waals surface area contributed by atoms with Gasteiger partial charge >= 0.3 is 0 Å². The molecule has 0 saturated carbocycles. The van der Waals surface area contributed by atoms with Crippen LogP contribution in [0.1, 0.15) is 15.4 Å². The Morgan fingerprint density at radius 3 is 2.59 bits per heavy atom. The van der Waals surface area contributed by atoms with E-state index in [1.807, 2.05) is 12.1 Å². The van der Waals surface area contributed by atoms with Gasteiger partial charge in [-0.3, -0.25) is 4.79 Å². The molecular weight excluding hydrogens is 416 g/mol. The first kappa shape index (κ1) is 19.4. The van der Waals surface area contributed by atoms with Gasteiger partial charge in [0.1, 0.15) is 9.88 Å². The van der Waals surface area contributed by atoms with Crippen LogP contribution in [0.25, 0.3) is 10.6 Å². The summed E-state index contributed by atoms with van der Waals surface area (Å²) in [7, 11) is 3.15. The number of rotatable bonds is 5. The zero-order chi connectivity index (χ0) is 20.5. The molecule has 1 aliphatic heterocycles. The minimum absolute atomic E-state index is 0.131. The van der Waals surface area contributed by atoms with E-state index in [1.165, 1.54) is 11.3 Å². The molecule has 150 valence electrons. The molecule has 1 aromatic heterocycles. The minimum atomic E-state index is -0.299. The SMILES string of the molecule is COc1ccc(-c2nc(C)c(C(=O)Nc3cc4c(cc3Cl)OCO4)s2)cc1OC. The molecule has 0 radical (unpaired) electrons. The molecule has 0 bridgehead atoms. The maximum absolute atomic E-state index is 12.8. The van der Waals surface area contributed by atoms with E-state index < -0.39 is 0 Å². The van der Waals surface area contributed by atoms with Crippen LogP contribution in [-0.2, 0) is 0 Å². The monoisotopic (exact) mass is 432 g/mol. The third kappa shape index (κ3) is 3.68.